The largest absolute Gasteiger partial charge is 0.412 e. The summed E-state index contributed by atoms with van der Waals surface area (Å²) in [6, 6.07) is 0. The van der Waals surface area contributed by atoms with Gasteiger partial charge in [0.25, 0.3) is 0 Å². The fourth-order valence-electron chi connectivity index (χ4n) is 4.53. The van der Waals surface area contributed by atoms with Crippen LogP contribution in [0.15, 0.2) is 0 Å². The lowest BCUT2D eigenvalue weighted by Gasteiger charge is -2.52. The Kier molecular flexibility index (Phi) is 4.70. The van der Waals surface area contributed by atoms with Crippen LogP contribution in [0.2, 0.25) is 15.6 Å². The van der Waals surface area contributed by atoms with Crippen molar-refractivity contribution in [3.8, 4) is 0 Å². The molecule has 2 atom stereocenters. The molecule has 1 unspecified atom stereocenters. The maximum atomic E-state index is 6.95. The Hall–Kier alpha value is 0.177. The maximum absolute atomic E-state index is 6.95. The van der Waals surface area contributed by atoms with Gasteiger partial charge in [-0.3, -0.25) is 0 Å². The van der Waals surface area contributed by atoms with Crippen molar-refractivity contribution < 1.29 is 4.43 Å². The highest BCUT2D eigenvalue weighted by molar-refractivity contribution is 6.81. The first-order valence-electron chi connectivity index (χ1n) is 8.02. The average Bonchev–Trinajstić information content (AvgIpc) is 2.55. The second-order valence-electron chi connectivity index (χ2n) is 9.22. The quantitative estimate of drug-likeness (QED) is 0.565. The van der Waals surface area contributed by atoms with E-state index in [1.807, 2.05) is 0 Å². The van der Waals surface area contributed by atoms with E-state index in [1.54, 1.807) is 0 Å². The Labute approximate surface area is 122 Å². The molecule has 1 aliphatic heterocycles. The van der Waals surface area contributed by atoms with Gasteiger partial charge in [-0.2, -0.15) is 0 Å². The molecular formula is C17H36OSi. The zero-order chi connectivity index (χ0) is 15.2. The highest BCUT2D eigenvalue weighted by atomic mass is 28.4. The molecule has 0 amide bonds. The van der Waals surface area contributed by atoms with E-state index in [0.717, 1.165) is 11.5 Å². The molecule has 114 valence electrons. The molecule has 0 aliphatic carbocycles. The minimum atomic E-state index is -1.85. The third-order valence-electron chi connectivity index (χ3n) is 5.12. The Morgan fingerprint density at radius 2 is 1.26 bits per heavy atom. The predicted molar refractivity (Wildman–Crippen MR) is 88.1 cm³/mol. The van der Waals surface area contributed by atoms with Crippen molar-refractivity contribution in [2.75, 3.05) is 0 Å². The van der Waals surface area contributed by atoms with Gasteiger partial charge in [0.05, 0.1) is 0 Å². The van der Waals surface area contributed by atoms with Crippen molar-refractivity contribution in [1.29, 1.82) is 0 Å². The minimum absolute atomic E-state index is 0.295. The zero-order valence-corrected chi connectivity index (χ0v) is 15.9. The third kappa shape index (κ3) is 2.81. The Morgan fingerprint density at radius 3 is 1.47 bits per heavy atom. The van der Waals surface area contributed by atoms with Crippen LogP contribution in [0.4, 0.5) is 0 Å². The van der Waals surface area contributed by atoms with Gasteiger partial charge in [0.15, 0.2) is 0 Å². The van der Waals surface area contributed by atoms with Gasteiger partial charge >= 0.3 is 0 Å². The minimum Gasteiger partial charge on any atom is -0.412 e. The van der Waals surface area contributed by atoms with Gasteiger partial charge < -0.3 is 4.43 Å². The first-order chi connectivity index (χ1) is 8.34. The van der Waals surface area contributed by atoms with Crippen molar-refractivity contribution in [1.82, 2.24) is 0 Å². The molecule has 0 bridgehead atoms. The summed E-state index contributed by atoms with van der Waals surface area (Å²) in [7, 11) is -1.85. The van der Waals surface area contributed by atoms with Gasteiger partial charge in [-0.05, 0) is 33.9 Å². The predicted octanol–water partition coefficient (Wildman–Crippen LogP) is 6.00. The van der Waals surface area contributed by atoms with E-state index in [1.165, 1.54) is 6.42 Å². The molecule has 0 radical (unpaired) electrons. The van der Waals surface area contributed by atoms with Crippen LogP contribution >= 0.6 is 0 Å². The first kappa shape index (κ1) is 17.2. The number of hydrogen-bond donors (Lipinski definition) is 0. The Balaban J connectivity index is 3.35. The van der Waals surface area contributed by atoms with Crippen LogP contribution in [-0.2, 0) is 4.43 Å². The molecule has 0 aromatic rings. The third-order valence-corrected chi connectivity index (χ3v) is 12.2. The van der Waals surface area contributed by atoms with Gasteiger partial charge in [-0.25, -0.2) is 0 Å². The molecule has 1 saturated heterocycles. The van der Waals surface area contributed by atoms with Crippen molar-refractivity contribution >= 4 is 8.32 Å². The Morgan fingerprint density at radius 1 is 0.842 bits per heavy atom. The summed E-state index contributed by atoms with van der Waals surface area (Å²) in [4.78, 5) is 0. The van der Waals surface area contributed by atoms with E-state index in [9.17, 15) is 0 Å². The topological polar surface area (TPSA) is 9.23 Å². The molecule has 0 N–H and O–H groups in total. The summed E-state index contributed by atoms with van der Waals surface area (Å²) in [6.07, 6.45) is 1.74. The standard InChI is InChI=1S/C17H36OSi/c1-12(2)14-11-15(13(3)4)19(18-14,16(5,6)7)17(8,9)10/h12-15H,11H2,1-10H3/t14?,15-/m0/s1. The van der Waals surface area contributed by atoms with Crippen LogP contribution in [0, 0.1) is 11.8 Å². The van der Waals surface area contributed by atoms with E-state index in [2.05, 4.69) is 69.2 Å². The molecule has 0 saturated carbocycles. The summed E-state index contributed by atoms with van der Waals surface area (Å²) in [5, 5.41) is 0.591. The smallest absolute Gasteiger partial charge is 0.207 e. The lowest BCUT2D eigenvalue weighted by atomic mass is 9.97. The van der Waals surface area contributed by atoms with E-state index in [0.29, 0.717) is 22.1 Å². The van der Waals surface area contributed by atoms with Crippen LogP contribution in [0.3, 0.4) is 0 Å². The molecule has 0 aromatic carbocycles. The van der Waals surface area contributed by atoms with Gasteiger partial charge in [0, 0.05) is 6.10 Å². The van der Waals surface area contributed by atoms with E-state index in [-0.39, 0.29) is 0 Å². The first-order valence-corrected chi connectivity index (χ1v) is 10.0. The summed E-state index contributed by atoms with van der Waals surface area (Å²) < 4.78 is 6.95. The van der Waals surface area contributed by atoms with Crippen LogP contribution < -0.4 is 0 Å². The van der Waals surface area contributed by atoms with Gasteiger partial charge in [-0.15, -0.1) is 0 Å². The molecule has 1 heterocycles. The molecular weight excluding hydrogens is 248 g/mol. The average molecular weight is 285 g/mol. The highest BCUT2D eigenvalue weighted by Crippen LogP contribution is 2.64. The van der Waals surface area contributed by atoms with Gasteiger partial charge in [0.1, 0.15) is 0 Å². The van der Waals surface area contributed by atoms with E-state index < -0.39 is 8.32 Å². The van der Waals surface area contributed by atoms with Crippen LogP contribution in [-0.4, -0.2) is 14.4 Å². The molecule has 2 heteroatoms. The molecule has 0 aromatic heterocycles. The van der Waals surface area contributed by atoms with Gasteiger partial charge in [0.2, 0.25) is 8.32 Å². The highest BCUT2D eigenvalue weighted by Gasteiger charge is 2.64. The van der Waals surface area contributed by atoms with Crippen molar-refractivity contribution in [3.63, 3.8) is 0 Å². The summed E-state index contributed by atoms with van der Waals surface area (Å²) in [5.41, 5.74) is 0.778. The molecule has 1 fully saturated rings. The van der Waals surface area contributed by atoms with E-state index >= 15 is 0 Å². The monoisotopic (exact) mass is 284 g/mol. The maximum Gasteiger partial charge on any atom is 0.207 e. The summed E-state index contributed by atoms with van der Waals surface area (Å²) in [5.74, 6) is 1.37. The zero-order valence-electron chi connectivity index (χ0n) is 14.9. The van der Waals surface area contributed by atoms with Crippen molar-refractivity contribution in [2.24, 2.45) is 11.8 Å². The van der Waals surface area contributed by atoms with Crippen LogP contribution in [0.1, 0.15) is 75.7 Å². The van der Waals surface area contributed by atoms with Gasteiger partial charge in [-0.1, -0.05) is 69.2 Å². The second kappa shape index (κ2) is 5.18. The van der Waals surface area contributed by atoms with Crippen molar-refractivity contribution in [2.45, 2.75) is 97.4 Å². The Bertz CT molecular complexity index is 292. The lowest BCUT2D eigenvalue weighted by molar-refractivity contribution is 0.150. The van der Waals surface area contributed by atoms with Crippen LogP contribution in [0.25, 0.3) is 0 Å². The fraction of sp³-hybridized carbons (Fsp3) is 1.00. The molecule has 19 heavy (non-hydrogen) atoms. The van der Waals surface area contributed by atoms with Crippen LogP contribution in [0.5, 0.6) is 0 Å². The fourth-order valence-corrected chi connectivity index (χ4v) is 12.2. The normalized spacial score (nSPS) is 28.4. The molecule has 1 aliphatic rings. The molecule has 1 nitrogen and oxygen atoms in total. The molecule has 0 spiro atoms. The SMILES string of the molecule is CC(C)C1C[C@@H](C(C)C)[Si](C(C)(C)C)(C(C)(C)C)O1. The second-order valence-corrected chi connectivity index (χ2v) is 14.7. The molecule has 1 rings (SSSR count). The van der Waals surface area contributed by atoms with Crippen molar-refractivity contribution in [3.05, 3.63) is 0 Å². The number of hydrogen-bond acceptors (Lipinski definition) is 1. The lowest BCUT2D eigenvalue weighted by Crippen LogP contribution is -2.56. The summed E-state index contributed by atoms with van der Waals surface area (Å²) >= 11 is 0. The number of rotatable bonds is 2. The van der Waals surface area contributed by atoms with E-state index in [4.69, 9.17) is 4.43 Å². The summed E-state index contributed by atoms with van der Waals surface area (Å²) in [6.45, 7) is 23.9.